The predicted molar refractivity (Wildman–Crippen MR) is 119 cm³/mol. The summed E-state index contributed by atoms with van der Waals surface area (Å²) in [5, 5.41) is 19.1. The number of hydrogen-bond acceptors (Lipinski definition) is 6. The Bertz CT molecular complexity index is 1210. The van der Waals surface area contributed by atoms with Gasteiger partial charge in [-0.1, -0.05) is 47.1 Å². The molecule has 0 saturated heterocycles. The highest BCUT2D eigenvalue weighted by Crippen LogP contribution is 2.35. The van der Waals surface area contributed by atoms with E-state index in [0.717, 1.165) is 22.9 Å². The van der Waals surface area contributed by atoms with E-state index in [1.807, 2.05) is 59.5 Å². The van der Waals surface area contributed by atoms with E-state index in [2.05, 4.69) is 20.4 Å². The van der Waals surface area contributed by atoms with Crippen molar-refractivity contribution >= 4 is 35.0 Å². The van der Waals surface area contributed by atoms with Gasteiger partial charge in [0.1, 0.15) is 17.4 Å². The lowest BCUT2D eigenvalue weighted by Gasteiger charge is -2.14. The Hall–Kier alpha value is -2.55. The Morgan fingerprint density at radius 1 is 1.00 bits per heavy atom. The largest absolute Gasteiger partial charge is 0.495 e. The monoisotopic (exact) mass is 460 g/mol. The molecule has 2 aromatic heterocycles. The third kappa shape index (κ3) is 4.03. The van der Waals surface area contributed by atoms with Gasteiger partial charge >= 0.3 is 0 Å². The molecule has 0 aliphatic rings. The van der Waals surface area contributed by atoms with Crippen molar-refractivity contribution in [3.8, 4) is 22.8 Å². The summed E-state index contributed by atoms with van der Waals surface area (Å²) in [6.07, 6.45) is 0. The summed E-state index contributed by atoms with van der Waals surface area (Å²) in [4.78, 5) is 0. The second-order valence-electron chi connectivity index (χ2n) is 6.48. The van der Waals surface area contributed by atoms with Gasteiger partial charge in [-0.05, 0) is 37.3 Å². The van der Waals surface area contributed by atoms with Gasteiger partial charge in [-0.3, -0.25) is 4.57 Å². The molecular formula is C20H18Cl2N6OS. The van der Waals surface area contributed by atoms with Gasteiger partial charge in [0.15, 0.2) is 11.0 Å². The first-order valence-electron chi connectivity index (χ1n) is 9.01. The number of hydrogen-bond donors (Lipinski definition) is 0. The van der Waals surface area contributed by atoms with Gasteiger partial charge in [-0.25, -0.2) is 0 Å². The van der Waals surface area contributed by atoms with Crippen LogP contribution in [0.2, 0.25) is 10.0 Å². The fourth-order valence-corrected chi connectivity index (χ4v) is 4.22. The Morgan fingerprint density at radius 3 is 2.50 bits per heavy atom. The molecule has 2 aromatic carbocycles. The van der Waals surface area contributed by atoms with Gasteiger partial charge in [0.2, 0.25) is 0 Å². The Labute approximate surface area is 188 Å². The summed E-state index contributed by atoms with van der Waals surface area (Å²) in [6.45, 7) is 1.91. The lowest BCUT2D eigenvalue weighted by Crippen LogP contribution is -2.03. The summed E-state index contributed by atoms with van der Waals surface area (Å²) in [5.74, 6) is 3.56. The van der Waals surface area contributed by atoms with Crippen LogP contribution in [0.4, 0.5) is 0 Å². The van der Waals surface area contributed by atoms with Crippen LogP contribution >= 0.6 is 35.0 Å². The summed E-state index contributed by atoms with van der Waals surface area (Å²) in [6, 6.07) is 12.9. The average Bonchev–Trinajstić information content (AvgIpc) is 3.30. The molecular weight excluding hydrogens is 443 g/mol. The van der Waals surface area contributed by atoms with Crippen molar-refractivity contribution in [3.63, 3.8) is 0 Å². The van der Waals surface area contributed by atoms with Crippen LogP contribution in [0.5, 0.6) is 5.75 Å². The fourth-order valence-electron chi connectivity index (χ4n) is 2.94. The van der Waals surface area contributed by atoms with Crippen LogP contribution in [0.15, 0.2) is 47.6 Å². The van der Waals surface area contributed by atoms with E-state index in [0.29, 0.717) is 32.5 Å². The molecule has 4 rings (SSSR count). The van der Waals surface area contributed by atoms with Crippen LogP contribution < -0.4 is 4.74 Å². The second kappa shape index (κ2) is 8.67. The Morgan fingerprint density at radius 2 is 1.80 bits per heavy atom. The number of nitrogens with zero attached hydrogens (tertiary/aromatic N) is 6. The maximum Gasteiger partial charge on any atom is 0.196 e. The van der Waals surface area contributed by atoms with E-state index in [1.54, 1.807) is 13.2 Å². The van der Waals surface area contributed by atoms with E-state index >= 15 is 0 Å². The molecule has 0 bridgehead atoms. The van der Waals surface area contributed by atoms with Gasteiger partial charge in [0.05, 0.1) is 18.6 Å². The normalized spacial score (nSPS) is 11.1. The molecule has 154 valence electrons. The first kappa shape index (κ1) is 20.7. The molecule has 0 unspecified atom stereocenters. The van der Waals surface area contributed by atoms with Crippen molar-refractivity contribution in [1.29, 1.82) is 0 Å². The van der Waals surface area contributed by atoms with Crippen molar-refractivity contribution in [2.75, 3.05) is 7.11 Å². The average molecular weight is 461 g/mol. The molecule has 10 heteroatoms. The maximum atomic E-state index is 6.30. The molecule has 0 radical (unpaired) electrons. The molecule has 0 aliphatic carbocycles. The van der Waals surface area contributed by atoms with Crippen molar-refractivity contribution in [2.45, 2.75) is 17.8 Å². The second-order valence-corrected chi connectivity index (χ2v) is 8.29. The minimum absolute atomic E-state index is 0.577. The molecule has 4 aromatic rings. The zero-order valence-electron chi connectivity index (χ0n) is 16.5. The van der Waals surface area contributed by atoms with Crippen molar-refractivity contribution in [1.82, 2.24) is 29.5 Å². The number of thioether (sulfide) groups is 1. The van der Waals surface area contributed by atoms with Crippen molar-refractivity contribution in [2.24, 2.45) is 7.05 Å². The van der Waals surface area contributed by atoms with Gasteiger partial charge in [0.25, 0.3) is 0 Å². The lowest BCUT2D eigenvalue weighted by molar-refractivity contribution is 0.412. The molecule has 0 amide bonds. The predicted octanol–water partition coefficient (Wildman–Crippen LogP) is 4.98. The van der Waals surface area contributed by atoms with Crippen LogP contribution in [0, 0.1) is 6.92 Å². The lowest BCUT2D eigenvalue weighted by atomic mass is 10.2. The van der Waals surface area contributed by atoms with E-state index in [1.165, 1.54) is 11.8 Å². The molecule has 7 nitrogen and oxygen atoms in total. The van der Waals surface area contributed by atoms with Gasteiger partial charge in [-0.15, -0.1) is 20.4 Å². The zero-order valence-corrected chi connectivity index (χ0v) is 18.8. The van der Waals surface area contributed by atoms with Crippen LogP contribution in [0.1, 0.15) is 11.6 Å². The molecule has 0 atom stereocenters. The van der Waals surface area contributed by atoms with Crippen molar-refractivity contribution < 1.29 is 4.74 Å². The number of aryl methyl sites for hydroxylation is 1. The highest BCUT2D eigenvalue weighted by molar-refractivity contribution is 7.98. The minimum Gasteiger partial charge on any atom is -0.495 e. The summed E-state index contributed by atoms with van der Waals surface area (Å²) < 4.78 is 9.45. The smallest absolute Gasteiger partial charge is 0.196 e. The van der Waals surface area contributed by atoms with Crippen LogP contribution in [0.25, 0.3) is 17.1 Å². The molecule has 0 saturated carbocycles. The number of ether oxygens (including phenoxy) is 1. The molecule has 0 fully saturated rings. The number of benzene rings is 2. The van der Waals surface area contributed by atoms with Crippen LogP contribution in [-0.4, -0.2) is 36.6 Å². The minimum atomic E-state index is 0.577. The Kier molecular flexibility index (Phi) is 5.99. The summed E-state index contributed by atoms with van der Waals surface area (Å²) in [7, 11) is 3.55. The summed E-state index contributed by atoms with van der Waals surface area (Å²) in [5.41, 5.74) is 1.57. The van der Waals surface area contributed by atoms with E-state index in [4.69, 9.17) is 27.9 Å². The molecule has 0 aliphatic heterocycles. The van der Waals surface area contributed by atoms with Crippen LogP contribution in [-0.2, 0) is 12.8 Å². The highest BCUT2D eigenvalue weighted by Gasteiger charge is 2.20. The molecule has 2 heterocycles. The highest BCUT2D eigenvalue weighted by atomic mass is 35.5. The summed E-state index contributed by atoms with van der Waals surface area (Å²) >= 11 is 14.0. The number of aromatic nitrogens is 6. The topological polar surface area (TPSA) is 70.7 Å². The van der Waals surface area contributed by atoms with Gasteiger partial charge in [0, 0.05) is 22.7 Å². The number of rotatable bonds is 6. The fraction of sp³-hybridized carbons (Fsp3) is 0.200. The number of methoxy groups -OCH3 is 1. The first-order chi connectivity index (χ1) is 14.5. The van der Waals surface area contributed by atoms with Crippen LogP contribution in [0.3, 0.4) is 0 Å². The van der Waals surface area contributed by atoms with Crippen molar-refractivity contribution in [3.05, 3.63) is 64.2 Å². The van der Waals surface area contributed by atoms with E-state index in [-0.39, 0.29) is 0 Å². The molecule has 0 spiro atoms. The standard InChI is InChI=1S/C20H18Cl2N6OS/c1-12-23-24-18(27(12)2)11-30-20-26-25-19(13-5-4-6-14(21)9-13)28(20)16-10-15(22)7-8-17(16)29-3/h4-10H,11H2,1-3H3. The van der Waals surface area contributed by atoms with Gasteiger partial charge in [-0.2, -0.15) is 0 Å². The zero-order chi connectivity index (χ0) is 21.3. The quantitative estimate of drug-likeness (QED) is 0.377. The van der Waals surface area contributed by atoms with E-state index in [9.17, 15) is 0 Å². The first-order valence-corrected chi connectivity index (χ1v) is 10.7. The Balaban J connectivity index is 1.83. The number of halogens is 2. The molecule has 30 heavy (non-hydrogen) atoms. The third-order valence-electron chi connectivity index (χ3n) is 4.61. The maximum absolute atomic E-state index is 6.30. The molecule has 0 N–H and O–H groups in total. The SMILES string of the molecule is COc1ccc(Cl)cc1-n1c(SCc2nnc(C)n2C)nnc1-c1cccc(Cl)c1. The third-order valence-corrected chi connectivity index (χ3v) is 6.01. The van der Waals surface area contributed by atoms with Gasteiger partial charge < -0.3 is 9.30 Å². The van der Waals surface area contributed by atoms with E-state index < -0.39 is 0 Å².